The van der Waals surface area contributed by atoms with E-state index in [-0.39, 0.29) is 17.9 Å². The average Bonchev–Trinajstić information content (AvgIpc) is 3.29. The van der Waals surface area contributed by atoms with Gasteiger partial charge in [0.2, 0.25) is 0 Å². The van der Waals surface area contributed by atoms with E-state index in [9.17, 15) is 9.18 Å². The smallest absolute Gasteiger partial charge is 0.330 e. The standard InChI is InChI=1S/C32H44FNO3/c1-6-10-31(29-13-8-11-24(4)28(29)16-17-32(35)36-7-2)37-22-23(3)21-34-18-9-12-27(34)19-26-15-14-25(5)30(33)20-26/h8,11,13-17,20,23,27,31H,6-7,9-10,12,18-19,21-22H2,1-5H3/b17-16+/t23-,27+,31-/m1/s1. The van der Waals surface area contributed by atoms with Crippen molar-refractivity contribution >= 4 is 12.0 Å². The maximum Gasteiger partial charge on any atom is 0.330 e. The van der Waals surface area contributed by atoms with E-state index < -0.39 is 0 Å². The van der Waals surface area contributed by atoms with Crippen molar-refractivity contribution in [3.63, 3.8) is 0 Å². The van der Waals surface area contributed by atoms with Crippen LogP contribution in [-0.2, 0) is 20.7 Å². The summed E-state index contributed by atoms with van der Waals surface area (Å²) in [5.74, 6) is -0.0664. The van der Waals surface area contributed by atoms with Crippen molar-refractivity contribution < 1.29 is 18.7 Å². The molecular weight excluding hydrogens is 465 g/mol. The maximum atomic E-state index is 14.1. The van der Waals surface area contributed by atoms with Gasteiger partial charge in [0.05, 0.1) is 19.3 Å². The minimum absolute atomic E-state index is 0.0286. The molecule has 2 aromatic carbocycles. The number of carbonyl (C=O) groups is 1. The van der Waals surface area contributed by atoms with Crippen molar-refractivity contribution in [1.82, 2.24) is 4.90 Å². The van der Waals surface area contributed by atoms with Crippen molar-refractivity contribution in [3.05, 3.63) is 76.1 Å². The molecule has 3 rings (SSSR count). The minimum atomic E-state index is -0.327. The Morgan fingerprint density at radius 2 is 2.00 bits per heavy atom. The number of hydrogen-bond acceptors (Lipinski definition) is 4. The molecule has 0 unspecified atom stereocenters. The van der Waals surface area contributed by atoms with Crippen LogP contribution in [0.2, 0.25) is 0 Å². The predicted octanol–water partition coefficient (Wildman–Crippen LogP) is 7.22. The Hall–Kier alpha value is -2.50. The molecule has 0 aromatic heterocycles. The Morgan fingerprint density at radius 3 is 2.73 bits per heavy atom. The third-order valence-corrected chi connectivity index (χ3v) is 7.26. The highest BCUT2D eigenvalue weighted by atomic mass is 19.1. The fourth-order valence-corrected chi connectivity index (χ4v) is 5.28. The number of hydrogen-bond donors (Lipinski definition) is 0. The van der Waals surface area contributed by atoms with Crippen LogP contribution in [0.3, 0.4) is 0 Å². The van der Waals surface area contributed by atoms with E-state index in [1.807, 2.05) is 26.0 Å². The number of halogens is 1. The van der Waals surface area contributed by atoms with Crippen LogP contribution in [0.25, 0.3) is 6.08 Å². The summed E-state index contributed by atoms with van der Waals surface area (Å²) >= 11 is 0. The molecule has 1 heterocycles. The van der Waals surface area contributed by atoms with E-state index in [1.54, 1.807) is 6.07 Å². The Kier molecular flexibility index (Phi) is 11.3. The van der Waals surface area contributed by atoms with E-state index in [0.29, 0.717) is 30.7 Å². The third-order valence-electron chi connectivity index (χ3n) is 7.26. The van der Waals surface area contributed by atoms with Crippen LogP contribution in [-0.4, -0.2) is 43.2 Å². The average molecular weight is 510 g/mol. The van der Waals surface area contributed by atoms with Gasteiger partial charge in [-0.2, -0.15) is 0 Å². The Labute approximate surface area is 222 Å². The summed E-state index contributed by atoms with van der Waals surface area (Å²) in [7, 11) is 0. The normalized spacial score (nSPS) is 17.8. The van der Waals surface area contributed by atoms with Gasteiger partial charge in [0.1, 0.15) is 5.82 Å². The Morgan fingerprint density at radius 1 is 1.19 bits per heavy atom. The molecule has 1 fully saturated rings. The molecule has 1 aliphatic heterocycles. The lowest BCUT2D eigenvalue weighted by atomic mass is 9.95. The number of aryl methyl sites for hydroxylation is 2. The first kappa shape index (κ1) is 29.1. The van der Waals surface area contributed by atoms with Crippen molar-refractivity contribution in [2.24, 2.45) is 5.92 Å². The topological polar surface area (TPSA) is 38.8 Å². The number of carbonyl (C=O) groups excluding carboxylic acids is 1. The van der Waals surface area contributed by atoms with Crippen LogP contribution >= 0.6 is 0 Å². The highest BCUT2D eigenvalue weighted by molar-refractivity contribution is 5.87. The predicted molar refractivity (Wildman–Crippen MR) is 149 cm³/mol. The fourth-order valence-electron chi connectivity index (χ4n) is 5.28. The number of nitrogens with zero attached hydrogens (tertiary/aromatic N) is 1. The summed E-state index contributed by atoms with van der Waals surface area (Å²) in [4.78, 5) is 14.5. The maximum absolute atomic E-state index is 14.1. The van der Waals surface area contributed by atoms with Crippen LogP contribution in [0.5, 0.6) is 0 Å². The lowest BCUT2D eigenvalue weighted by Gasteiger charge is -2.29. The number of benzene rings is 2. The SMILES string of the molecule is CCC[C@@H](OC[C@H](C)CN1CCC[C@H]1Cc1ccc(C)c(F)c1)c1cccc(C)c1/C=C/C(=O)OCC. The first-order valence-electron chi connectivity index (χ1n) is 13.9. The van der Waals surface area contributed by atoms with E-state index in [4.69, 9.17) is 9.47 Å². The van der Waals surface area contributed by atoms with Gasteiger partial charge in [-0.05, 0) is 98.9 Å². The molecule has 3 atom stereocenters. The summed E-state index contributed by atoms with van der Waals surface area (Å²) in [6.45, 7) is 13.2. The van der Waals surface area contributed by atoms with Gasteiger partial charge in [0.15, 0.2) is 0 Å². The highest BCUT2D eigenvalue weighted by Gasteiger charge is 2.26. The summed E-state index contributed by atoms with van der Waals surface area (Å²) in [6.07, 6.45) is 8.50. The van der Waals surface area contributed by atoms with E-state index >= 15 is 0 Å². The molecule has 37 heavy (non-hydrogen) atoms. The van der Waals surface area contributed by atoms with Gasteiger partial charge in [-0.25, -0.2) is 9.18 Å². The Balaban J connectivity index is 1.63. The van der Waals surface area contributed by atoms with Gasteiger partial charge in [-0.3, -0.25) is 4.90 Å². The molecule has 1 aliphatic rings. The zero-order valence-corrected chi connectivity index (χ0v) is 23.3. The molecular formula is C32H44FNO3. The van der Waals surface area contributed by atoms with Crippen LogP contribution in [0.4, 0.5) is 4.39 Å². The van der Waals surface area contributed by atoms with Gasteiger partial charge in [0.25, 0.3) is 0 Å². The van der Waals surface area contributed by atoms with Gasteiger partial charge < -0.3 is 9.47 Å². The van der Waals surface area contributed by atoms with Gasteiger partial charge in [0, 0.05) is 18.7 Å². The summed E-state index contributed by atoms with van der Waals surface area (Å²) in [5, 5.41) is 0. The molecule has 0 saturated carbocycles. The first-order valence-corrected chi connectivity index (χ1v) is 13.9. The second-order valence-corrected chi connectivity index (χ2v) is 10.5. The van der Waals surface area contributed by atoms with Crippen LogP contribution in [0.1, 0.15) is 80.4 Å². The molecule has 0 radical (unpaired) electrons. The quantitative estimate of drug-likeness (QED) is 0.211. The number of esters is 1. The summed E-state index contributed by atoms with van der Waals surface area (Å²) in [6, 6.07) is 12.3. The van der Waals surface area contributed by atoms with Crippen LogP contribution in [0.15, 0.2) is 42.5 Å². The lowest BCUT2D eigenvalue weighted by molar-refractivity contribution is -0.137. The molecule has 1 saturated heterocycles. The molecule has 2 aromatic rings. The molecule has 4 nitrogen and oxygen atoms in total. The Bertz CT molecular complexity index is 1050. The van der Waals surface area contributed by atoms with Gasteiger partial charge in [-0.1, -0.05) is 50.6 Å². The zero-order chi connectivity index (χ0) is 26.8. The number of rotatable bonds is 13. The minimum Gasteiger partial charge on any atom is -0.463 e. The van der Waals surface area contributed by atoms with E-state index in [1.165, 1.54) is 12.5 Å². The molecule has 0 N–H and O–H groups in total. The molecule has 0 aliphatic carbocycles. The lowest BCUT2D eigenvalue weighted by Crippen LogP contribution is -2.36. The van der Waals surface area contributed by atoms with Crippen molar-refractivity contribution in [2.75, 3.05) is 26.3 Å². The van der Waals surface area contributed by atoms with E-state index in [2.05, 4.69) is 49.9 Å². The van der Waals surface area contributed by atoms with Gasteiger partial charge >= 0.3 is 5.97 Å². The molecule has 202 valence electrons. The van der Waals surface area contributed by atoms with Crippen LogP contribution < -0.4 is 0 Å². The van der Waals surface area contributed by atoms with Crippen LogP contribution in [0, 0.1) is 25.6 Å². The fraction of sp³-hybridized carbons (Fsp3) is 0.531. The number of likely N-dealkylation sites (tertiary alicyclic amines) is 1. The van der Waals surface area contributed by atoms with Gasteiger partial charge in [-0.15, -0.1) is 0 Å². The summed E-state index contributed by atoms with van der Waals surface area (Å²) in [5.41, 5.74) is 5.05. The van der Waals surface area contributed by atoms with Crippen molar-refractivity contribution in [3.8, 4) is 0 Å². The molecule has 0 bridgehead atoms. The second kappa shape index (κ2) is 14.4. The second-order valence-electron chi connectivity index (χ2n) is 10.5. The molecule has 0 amide bonds. The largest absolute Gasteiger partial charge is 0.463 e. The third kappa shape index (κ3) is 8.51. The zero-order valence-electron chi connectivity index (χ0n) is 23.3. The molecule has 0 spiro atoms. The monoisotopic (exact) mass is 509 g/mol. The summed E-state index contributed by atoms with van der Waals surface area (Å²) < 4.78 is 25.7. The van der Waals surface area contributed by atoms with E-state index in [0.717, 1.165) is 61.0 Å². The molecule has 5 heteroatoms. The van der Waals surface area contributed by atoms with Crippen molar-refractivity contribution in [2.45, 2.75) is 78.9 Å². The highest BCUT2D eigenvalue weighted by Crippen LogP contribution is 2.30. The van der Waals surface area contributed by atoms with Crippen molar-refractivity contribution in [1.29, 1.82) is 0 Å². The first-order chi connectivity index (χ1) is 17.8. The number of ether oxygens (including phenoxy) is 2.